The van der Waals surface area contributed by atoms with Crippen molar-refractivity contribution in [1.82, 2.24) is 10.6 Å². The molecule has 0 aliphatic heterocycles. The summed E-state index contributed by atoms with van der Waals surface area (Å²) in [6, 6.07) is 4.35. The van der Waals surface area contributed by atoms with Crippen LogP contribution in [0.2, 0.25) is 5.02 Å². The Morgan fingerprint density at radius 3 is 2.81 bits per heavy atom. The molecule has 0 fully saturated rings. The van der Waals surface area contributed by atoms with Crippen molar-refractivity contribution >= 4 is 35.9 Å². The van der Waals surface area contributed by atoms with Gasteiger partial charge in [0.2, 0.25) is 0 Å². The zero-order valence-corrected chi connectivity index (χ0v) is 12.8. The van der Waals surface area contributed by atoms with Crippen LogP contribution in [0.15, 0.2) is 18.2 Å². The van der Waals surface area contributed by atoms with Gasteiger partial charge in [-0.05, 0) is 25.2 Å². The summed E-state index contributed by atoms with van der Waals surface area (Å²) in [5.74, 6) is -0.926. The maximum Gasteiger partial charge on any atom is 0.341 e. The Labute approximate surface area is 138 Å². The first kappa shape index (κ1) is 14.4. The fourth-order valence-electron chi connectivity index (χ4n) is 1.36. The van der Waals surface area contributed by atoms with Crippen molar-refractivity contribution in [2.24, 2.45) is 0 Å². The standard InChI is InChI=1S/C13H17ClN2O4.ClH/c1-15-5-6-16-12(17)8-20-11-4-3-9(14)7-10(11)13(18)19-2;/h3-4,7,15H,5-6,8H2,1-2H3,(H,16,17);1H/i1D3;. The van der Waals surface area contributed by atoms with Crippen molar-refractivity contribution in [2.75, 3.05) is 33.8 Å². The number of nitrogens with one attached hydrogen (secondary N) is 2. The number of methoxy groups -OCH3 is 1. The van der Waals surface area contributed by atoms with E-state index in [1.54, 1.807) is 0 Å². The number of benzene rings is 1. The molecule has 0 heterocycles. The second-order valence-corrected chi connectivity index (χ2v) is 4.13. The van der Waals surface area contributed by atoms with Gasteiger partial charge in [-0.25, -0.2) is 4.79 Å². The smallest absolute Gasteiger partial charge is 0.341 e. The van der Waals surface area contributed by atoms with Crippen LogP contribution in [0.3, 0.4) is 0 Å². The van der Waals surface area contributed by atoms with Gasteiger partial charge in [0.05, 0.1) is 7.11 Å². The second kappa shape index (κ2) is 10.3. The summed E-state index contributed by atoms with van der Waals surface area (Å²) in [5.41, 5.74) is 0.108. The van der Waals surface area contributed by atoms with E-state index in [-0.39, 0.29) is 43.4 Å². The third-order valence-corrected chi connectivity index (χ3v) is 2.51. The average Bonchev–Trinajstić information content (AvgIpc) is 2.48. The molecule has 0 aliphatic rings. The molecule has 0 aromatic heterocycles. The minimum atomic E-state index is -2.25. The van der Waals surface area contributed by atoms with Gasteiger partial charge in [-0.1, -0.05) is 11.6 Å². The molecular formula is C13H18Cl2N2O4. The van der Waals surface area contributed by atoms with Crippen LogP contribution in [0.1, 0.15) is 14.5 Å². The van der Waals surface area contributed by atoms with Crippen LogP contribution < -0.4 is 15.4 Å². The number of likely N-dealkylation sites (N-methyl/N-ethyl adjacent to an activating group) is 1. The van der Waals surface area contributed by atoms with Crippen molar-refractivity contribution in [3.63, 3.8) is 0 Å². The molecule has 2 N–H and O–H groups in total. The lowest BCUT2D eigenvalue weighted by atomic mass is 10.2. The average molecular weight is 340 g/mol. The highest BCUT2D eigenvalue weighted by atomic mass is 35.5. The Kier molecular flexibility index (Phi) is 7.05. The van der Waals surface area contributed by atoms with Gasteiger partial charge in [0.25, 0.3) is 5.91 Å². The summed E-state index contributed by atoms with van der Waals surface area (Å²) in [5, 5.41) is 5.07. The normalized spacial score (nSPS) is 12.2. The van der Waals surface area contributed by atoms with Crippen LogP contribution in [0.25, 0.3) is 0 Å². The Balaban J connectivity index is 0.00000529. The second-order valence-electron chi connectivity index (χ2n) is 3.70. The lowest BCUT2D eigenvalue weighted by Crippen LogP contribution is -2.34. The monoisotopic (exact) mass is 339 g/mol. The molecule has 118 valence electrons. The van der Waals surface area contributed by atoms with Crippen molar-refractivity contribution in [1.29, 1.82) is 0 Å². The van der Waals surface area contributed by atoms with E-state index >= 15 is 0 Å². The zero-order chi connectivity index (χ0) is 17.5. The molecule has 21 heavy (non-hydrogen) atoms. The molecule has 0 spiro atoms. The number of carbonyl (C=O) groups is 2. The fraction of sp³-hybridized carbons (Fsp3) is 0.385. The Hall–Kier alpha value is -1.50. The van der Waals surface area contributed by atoms with Crippen molar-refractivity contribution < 1.29 is 23.2 Å². The van der Waals surface area contributed by atoms with Gasteiger partial charge in [-0.15, -0.1) is 12.4 Å². The first-order valence-electron chi connectivity index (χ1n) is 7.25. The minimum absolute atomic E-state index is 0. The highest BCUT2D eigenvalue weighted by molar-refractivity contribution is 6.31. The number of esters is 1. The summed E-state index contributed by atoms with van der Waals surface area (Å²) >= 11 is 5.81. The number of amides is 1. The Morgan fingerprint density at radius 1 is 1.38 bits per heavy atom. The van der Waals surface area contributed by atoms with Crippen LogP contribution >= 0.6 is 24.0 Å². The zero-order valence-electron chi connectivity index (χ0n) is 14.3. The van der Waals surface area contributed by atoms with Gasteiger partial charge in [-0.2, -0.15) is 0 Å². The third-order valence-electron chi connectivity index (χ3n) is 2.28. The maximum atomic E-state index is 11.6. The highest BCUT2D eigenvalue weighted by Crippen LogP contribution is 2.23. The van der Waals surface area contributed by atoms with Crippen LogP contribution in [-0.2, 0) is 9.53 Å². The topological polar surface area (TPSA) is 76.7 Å². The molecule has 0 atom stereocenters. The summed E-state index contributed by atoms with van der Waals surface area (Å²) in [7, 11) is 1.22. The number of rotatable bonds is 7. The summed E-state index contributed by atoms with van der Waals surface area (Å²) < 4.78 is 30.7. The molecule has 0 aliphatic carbocycles. The number of carbonyl (C=O) groups excluding carboxylic acids is 2. The number of halogens is 2. The van der Waals surface area contributed by atoms with E-state index in [9.17, 15) is 9.59 Å². The summed E-state index contributed by atoms with van der Waals surface area (Å²) in [6.07, 6.45) is 0. The number of hydrogen-bond acceptors (Lipinski definition) is 5. The predicted molar refractivity (Wildman–Crippen MR) is 82.5 cm³/mol. The first-order valence-corrected chi connectivity index (χ1v) is 6.13. The van der Waals surface area contributed by atoms with E-state index < -0.39 is 18.9 Å². The number of hydrogen-bond donors (Lipinski definition) is 2. The largest absolute Gasteiger partial charge is 0.483 e. The van der Waals surface area contributed by atoms with Gasteiger partial charge >= 0.3 is 5.97 Å². The molecule has 0 saturated carbocycles. The molecule has 0 bridgehead atoms. The van der Waals surface area contributed by atoms with Crippen molar-refractivity contribution in [2.45, 2.75) is 0 Å². The molecule has 1 rings (SSSR count). The van der Waals surface area contributed by atoms with Gasteiger partial charge < -0.3 is 20.1 Å². The lowest BCUT2D eigenvalue weighted by Gasteiger charge is -2.10. The SMILES string of the molecule is Cl.[2H]C([2H])([2H])NCCNC(=O)COc1ccc(Cl)cc1C(=O)OC. The van der Waals surface area contributed by atoms with E-state index in [2.05, 4.69) is 15.4 Å². The quantitative estimate of drug-likeness (QED) is 0.577. The van der Waals surface area contributed by atoms with E-state index in [4.69, 9.17) is 20.5 Å². The van der Waals surface area contributed by atoms with Crippen LogP contribution in [0.5, 0.6) is 5.75 Å². The fourth-order valence-corrected chi connectivity index (χ4v) is 1.53. The van der Waals surface area contributed by atoms with Gasteiger partial charge in [-0.3, -0.25) is 4.79 Å². The van der Waals surface area contributed by atoms with E-state index in [0.717, 1.165) is 0 Å². The van der Waals surface area contributed by atoms with Crippen molar-refractivity contribution in [3.8, 4) is 5.75 Å². The predicted octanol–water partition coefficient (Wildman–Crippen LogP) is 1.26. The van der Waals surface area contributed by atoms with Gasteiger partial charge in [0.1, 0.15) is 11.3 Å². The summed E-state index contributed by atoms with van der Waals surface area (Å²) in [6.45, 7) is -2.36. The Bertz CT molecular complexity index is 571. The molecule has 0 unspecified atom stereocenters. The van der Waals surface area contributed by atoms with Crippen LogP contribution in [-0.4, -0.2) is 45.7 Å². The van der Waals surface area contributed by atoms with E-state index in [0.29, 0.717) is 5.02 Å². The van der Waals surface area contributed by atoms with E-state index in [1.165, 1.54) is 25.3 Å². The maximum absolute atomic E-state index is 11.6. The third kappa shape index (κ3) is 6.66. The molecule has 8 heteroatoms. The molecular weight excluding hydrogens is 319 g/mol. The summed E-state index contributed by atoms with van der Waals surface area (Å²) in [4.78, 5) is 23.2. The van der Waals surface area contributed by atoms with Crippen molar-refractivity contribution in [3.05, 3.63) is 28.8 Å². The van der Waals surface area contributed by atoms with E-state index in [1.807, 2.05) is 0 Å². The molecule has 0 saturated heterocycles. The molecule has 1 aromatic rings. The van der Waals surface area contributed by atoms with Gasteiger partial charge in [0, 0.05) is 22.2 Å². The van der Waals surface area contributed by atoms with Crippen LogP contribution in [0.4, 0.5) is 0 Å². The molecule has 6 nitrogen and oxygen atoms in total. The van der Waals surface area contributed by atoms with Crippen LogP contribution in [0, 0.1) is 0 Å². The molecule has 1 aromatic carbocycles. The first-order chi connectivity index (χ1) is 10.7. The Morgan fingerprint density at radius 2 is 2.14 bits per heavy atom. The molecule has 0 radical (unpaired) electrons. The lowest BCUT2D eigenvalue weighted by molar-refractivity contribution is -0.123. The molecule has 1 amide bonds. The minimum Gasteiger partial charge on any atom is -0.483 e. The highest BCUT2D eigenvalue weighted by Gasteiger charge is 2.14. The number of ether oxygens (including phenoxy) is 2. The van der Waals surface area contributed by atoms with Gasteiger partial charge in [0.15, 0.2) is 6.61 Å².